The number of hydrogen-bond donors (Lipinski definition) is 1. The van der Waals surface area contributed by atoms with E-state index in [0.29, 0.717) is 36.0 Å². The number of carboxylic acid groups (broad SMARTS) is 1. The van der Waals surface area contributed by atoms with Crippen molar-refractivity contribution in [3.05, 3.63) is 41.5 Å². The Hall–Kier alpha value is -3.06. The van der Waals surface area contributed by atoms with Gasteiger partial charge in [-0.15, -0.1) is 0 Å². The van der Waals surface area contributed by atoms with Crippen molar-refractivity contribution < 1.29 is 28.5 Å². The van der Waals surface area contributed by atoms with Crippen LogP contribution in [0.5, 0.6) is 11.5 Å². The molecule has 28 heavy (non-hydrogen) atoms. The minimum Gasteiger partial charge on any atom is -0.493 e. The lowest BCUT2D eigenvalue weighted by Gasteiger charge is -2.32. The number of ether oxygens (including phenoxy) is 3. The van der Waals surface area contributed by atoms with Crippen molar-refractivity contribution in [2.45, 2.75) is 24.9 Å². The van der Waals surface area contributed by atoms with Crippen LogP contribution in [0.3, 0.4) is 0 Å². The van der Waals surface area contributed by atoms with Crippen LogP contribution in [0.2, 0.25) is 0 Å². The van der Waals surface area contributed by atoms with E-state index in [-0.39, 0.29) is 11.2 Å². The molecule has 1 N–H and O–H groups in total. The molecule has 5 rings (SSSR count). The first-order valence-corrected chi connectivity index (χ1v) is 9.19. The molecule has 3 aromatic rings. The van der Waals surface area contributed by atoms with Gasteiger partial charge < -0.3 is 23.7 Å². The zero-order valence-corrected chi connectivity index (χ0v) is 15.4. The van der Waals surface area contributed by atoms with Crippen LogP contribution in [0, 0.1) is 0 Å². The second kappa shape index (κ2) is 6.24. The highest BCUT2D eigenvalue weighted by molar-refractivity contribution is 5.92. The average molecular weight is 381 g/mol. The van der Waals surface area contributed by atoms with Gasteiger partial charge in [0, 0.05) is 30.4 Å². The number of aromatic nitrogens is 1. The van der Waals surface area contributed by atoms with Crippen molar-refractivity contribution in [1.82, 2.24) is 4.98 Å². The van der Waals surface area contributed by atoms with Crippen LogP contribution in [-0.4, -0.2) is 42.0 Å². The van der Waals surface area contributed by atoms with E-state index in [1.165, 1.54) is 12.1 Å². The van der Waals surface area contributed by atoms with Gasteiger partial charge in [0.05, 0.1) is 25.9 Å². The number of benzene rings is 2. The van der Waals surface area contributed by atoms with Gasteiger partial charge in [-0.3, -0.25) is 0 Å². The molecule has 1 spiro atoms. The Balaban J connectivity index is 1.61. The Labute approximate surface area is 160 Å². The molecule has 0 aliphatic carbocycles. The van der Waals surface area contributed by atoms with E-state index in [0.717, 1.165) is 36.1 Å². The minimum absolute atomic E-state index is 0.178. The molecular weight excluding hydrogens is 362 g/mol. The largest absolute Gasteiger partial charge is 0.493 e. The van der Waals surface area contributed by atoms with E-state index in [4.69, 9.17) is 18.6 Å². The van der Waals surface area contributed by atoms with Gasteiger partial charge in [-0.05, 0) is 30.3 Å². The summed E-state index contributed by atoms with van der Waals surface area (Å²) in [5.41, 5.74) is 2.80. The summed E-state index contributed by atoms with van der Waals surface area (Å²) in [5.74, 6) is 0.873. The third-order valence-electron chi connectivity index (χ3n) is 5.53. The molecule has 7 nitrogen and oxygen atoms in total. The van der Waals surface area contributed by atoms with E-state index in [1.807, 2.05) is 12.1 Å². The van der Waals surface area contributed by atoms with E-state index in [1.54, 1.807) is 13.2 Å². The van der Waals surface area contributed by atoms with Gasteiger partial charge in [0.15, 0.2) is 17.1 Å². The van der Waals surface area contributed by atoms with Crippen LogP contribution >= 0.6 is 0 Å². The maximum atomic E-state index is 11.2. The second-order valence-corrected chi connectivity index (χ2v) is 7.20. The van der Waals surface area contributed by atoms with E-state index < -0.39 is 5.97 Å². The van der Waals surface area contributed by atoms with Gasteiger partial charge in [0.25, 0.3) is 0 Å². The van der Waals surface area contributed by atoms with Crippen molar-refractivity contribution in [3.63, 3.8) is 0 Å². The summed E-state index contributed by atoms with van der Waals surface area (Å²) >= 11 is 0. The number of methoxy groups -OCH3 is 1. The first-order chi connectivity index (χ1) is 13.6. The summed E-state index contributed by atoms with van der Waals surface area (Å²) in [7, 11) is 1.63. The number of carbonyl (C=O) groups is 1. The number of hydrogen-bond acceptors (Lipinski definition) is 6. The number of carboxylic acids is 1. The molecule has 0 saturated carbocycles. The molecule has 0 unspecified atom stereocenters. The van der Waals surface area contributed by atoms with Gasteiger partial charge in [-0.2, -0.15) is 0 Å². The molecule has 3 heterocycles. The van der Waals surface area contributed by atoms with Gasteiger partial charge in [-0.1, -0.05) is 0 Å². The third kappa shape index (κ3) is 2.62. The summed E-state index contributed by atoms with van der Waals surface area (Å²) in [6.45, 7) is 1.35. The van der Waals surface area contributed by atoms with Crippen molar-refractivity contribution in [2.24, 2.45) is 0 Å². The summed E-state index contributed by atoms with van der Waals surface area (Å²) in [6.07, 6.45) is 2.37. The number of oxazole rings is 1. The fourth-order valence-corrected chi connectivity index (χ4v) is 4.03. The highest BCUT2D eigenvalue weighted by atomic mass is 16.5. The first kappa shape index (κ1) is 17.1. The van der Waals surface area contributed by atoms with E-state index in [9.17, 15) is 9.90 Å². The fraction of sp³-hybridized carbons (Fsp3) is 0.333. The van der Waals surface area contributed by atoms with E-state index in [2.05, 4.69) is 4.98 Å². The molecule has 0 amide bonds. The Morgan fingerprint density at radius 1 is 1.21 bits per heavy atom. The summed E-state index contributed by atoms with van der Waals surface area (Å²) in [6, 6.07) is 8.44. The van der Waals surface area contributed by atoms with Crippen molar-refractivity contribution in [2.75, 3.05) is 20.3 Å². The monoisotopic (exact) mass is 381 g/mol. The van der Waals surface area contributed by atoms with Crippen molar-refractivity contribution >= 4 is 17.1 Å². The smallest absolute Gasteiger partial charge is 0.335 e. The normalized spacial score (nSPS) is 17.5. The Morgan fingerprint density at radius 3 is 2.79 bits per heavy atom. The average Bonchev–Trinajstić information content (AvgIpc) is 3.28. The van der Waals surface area contributed by atoms with Crippen molar-refractivity contribution in [3.8, 4) is 23.0 Å². The molecular formula is C21H19NO6. The SMILES string of the molecule is COc1ccc(-c2nc3cc(C(=O)O)ccc3o2)c2c1OC1(CCOCC1)C2. The molecule has 2 aliphatic rings. The van der Waals surface area contributed by atoms with Crippen LogP contribution in [0.4, 0.5) is 0 Å². The van der Waals surface area contributed by atoms with Crippen LogP contribution in [0.15, 0.2) is 34.7 Å². The predicted octanol–water partition coefficient (Wildman–Crippen LogP) is 3.69. The first-order valence-electron chi connectivity index (χ1n) is 9.19. The number of fused-ring (bicyclic) bond motifs is 2. The predicted molar refractivity (Wildman–Crippen MR) is 100 cm³/mol. The van der Waals surface area contributed by atoms with Gasteiger partial charge in [0.2, 0.25) is 5.89 Å². The molecule has 0 radical (unpaired) electrons. The topological polar surface area (TPSA) is 91.0 Å². The van der Waals surface area contributed by atoms with Crippen LogP contribution in [-0.2, 0) is 11.2 Å². The lowest BCUT2D eigenvalue weighted by molar-refractivity contribution is -0.0338. The highest BCUT2D eigenvalue weighted by Gasteiger charge is 2.43. The molecule has 1 fully saturated rings. The van der Waals surface area contributed by atoms with Gasteiger partial charge in [0.1, 0.15) is 11.1 Å². The lowest BCUT2D eigenvalue weighted by Crippen LogP contribution is -2.40. The van der Waals surface area contributed by atoms with Crippen molar-refractivity contribution in [1.29, 1.82) is 0 Å². The Morgan fingerprint density at radius 2 is 2.04 bits per heavy atom. The third-order valence-corrected chi connectivity index (χ3v) is 5.53. The molecule has 144 valence electrons. The quantitative estimate of drug-likeness (QED) is 0.740. The molecule has 0 bridgehead atoms. The molecule has 1 aromatic heterocycles. The molecule has 1 saturated heterocycles. The van der Waals surface area contributed by atoms with Crippen LogP contribution < -0.4 is 9.47 Å². The summed E-state index contributed by atoms with van der Waals surface area (Å²) in [5, 5.41) is 9.19. The molecule has 2 aliphatic heterocycles. The lowest BCUT2D eigenvalue weighted by atomic mass is 9.88. The fourth-order valence-electron chi connectivity index (χ4n) is 4.03. The zero-order chi connectivity index (χ0) is 19.3. The zero-order valence-electron chi connectivity index (χ0n) is 15.4. The van der Waals surface area contributed by atoms with E-state index >= 15 is 0 Å². The van der Waals surface area contributed by atoms with Gasteiger partial charge >= 0.3 is 5.97 Å². The number of rotatable bonds is 3. The number of nitrogens with zero attached hydrogens (tertiary/aromatic N) is 1. The summed E-state index contributed by atoms with van der Waals surface area (Å²) in [4.78, 5) is 15.8. The summed E-state index contributed by atoms with van der Waals surface area (Å²) < 4.78 is 23.3. The molecule has 0 atom stereocenters. The highest BCUT2D eigenvalue weighted by Crippen LogP contribution is 2.49. The van der Waals surface area contributed by atoms with Crippen LogP contribution in [0.25, 0.3) is 22.6 Å². The minimum atomic E-state index is -0.994. The van der Waals surface area contributed by atoms with Crippen LogP contribution in [0.1, 0.15) is 28.8 Å². The maximum absolute atomic E-state index is 11.2. The Bertz CT molecular complexity index is 1080. The van der Waals surface area contributed by atoms with Gasteiger partial charge in [-0.25, -0.2) is 9.78 Å². The molecule has 7 heteroatoms. The standard InChI is InChI=1S/C21H19NO6/c1-25-17-5-3-13(14-11-21(28-18(14)17)6-8-26-9-7-21)19-22-15-10-12(20(23)24)2-4-16(15)27-19/h2-5,10H,6-9,11H2,1H3,(H,23,24). The maximum Gasteiger partial charge on any atom is 0.335 e. The number of aromatic carboxylic acids is 1. The molecule has 2 aromatic carbocycles. The second-order valence-electron chi connectivity index (χ2n) is 7.20. The Kier molecular flexibility index (Phi) is 3.80.